The number of nitrogens with zero attached hydrogens (tertiary/aromatic N) is 3. The molecular weight excluding hydrogens is 485 g/mol. The molecule has 1 aliphatic rings. The Morgan fingerprint density at radius 2 is 1.76 bits per heavy atom. The van der Waals surface area contributed by atoms with Gasteiger partial charge >= 0.3 is 12.1 Å². The number of carbonyl (C=O) groups excluding carboxylic acids is 1. The molecule has 2 heterocycles. The van der Waals surface area contributed by atoms with Gasteiger partial charge in [-0.3, -0.25) is 14.7 Å². The van der Waals surface area contributed by atoms with Crippen molar-refractivity contribution in [1.82, 2.24) is 20.1 Å². The minimum atomic E-state index is -5.08. The molecular formula is C27H37F3N4O3. The highest BCUT2D eigenvalue weighted by Crippen LogP contribution is 2.22. The number of pyridine rings is 1. The number of alkyl halides is 3. The van der Waals surface area contributed by atoms with Crippen LogP contribution >= 0.6 is 0 Å². The number of aromatic nitrogens is 1. The molecule has 1 aliphatic heterocycles. The monoisotopic (exact) mass is 522 g/mol. The average Bonchev–Trinajstić information content (AvgIpc) is 2.87. The second-order valence-electron chi connectivity index (χ2n) is 9.64. The molecule has 2 N–H and O–H groups in total. The summed E-state index contributed by atoms with van der Waals surface area (Å²) in [6.45, 7) is 8.29. The van der Waals surface area contributed by atoms with Crippen molar-refractivity contribution in [3.05, 3.63) is 53.9 Å². The number of aliphatic carboxylic acids is 1. The van der Waals surface area contributed by atoms with Gasteiger partial charge < -0.3 is 15.3 Å². The van der Waals surface area contributed by atoms with E-state index in [2.05, 4.69) is 72.3 Å². The number of carbonyl (C=O) groups is 2. The number of carboxylic acids is 1. The van der Waals surface area contributed by atoms with Crippen molar-refractivity contribution in [2.45, 2.75) is 51.9 Å². The molecule has 0 aliphatic carbocycles. The Morgan fingerprint density at radius 3 is 2.30 bits per heavy atom. The van der Waals surface area contributed by atoms with Gasteiger partial charge in [0.05, 0.1) is 5.56 Å². The summed E-state index contributed by atoms with van der Waals surface area (Å²) in [5, 5.41) is 10.1. The van der Waals surface area contributed by atoms with Gasteiger partial charge in [0, 0.05) is 37.1 Å². The van der Waals surface area contributed by atoms with Crippen molar-refractivity contribution in [1.29, 1.82) is 0 Å². The third-order valence-electron chi connectivity index (χ3n) is 6.58. The van der Waals surface area contributed by atoms with Crippen LogP contribution in [0.3, 0.4) is 0 Å². The number of hydrogen-bond acceptors (Lipinski definition) is 5. The van der Waals surface area contributed by atoms with Crippen LogP contribution in [-0.2, 0) is 11.3 Å². The molecule has 1 aromatic carbocycles. The number of benzene rings is 1. The fraction of sp³-hybridized carbons (Fsp3) is 0.519. The van der Waals surface area contributed by atoms with Crippen LogP contribution in [0.2, 0.25) is 0 Å². The smallest absolute Gasteiger partial charge is 0.475 e. The largest absolute Gasteiger partial charge is 0.490 e. The number of likely N-dealkylation sites (tertiary alicyclic amines) is 1. The second kappa shape index (κ2) is 14.1. The standard InChI is InChI=1S/C25H36N4O.C2HF3O2/c1-5-19(2)15-27-25(30)23-14-22(16-26-17-23)21-8-6-20(7-9-21)18-29(4)24-10-12-28(3)13-11-24;3-2(4,5)1(6)7/h6-9,14,16-17,19,24H,5,10-13,15,18H2,1-4H3,(H,27,30);(H,6,7)/t19-;/m0./s1. The number of nitrogens with one attached hydrogen (secondary N) is 1. The van der Waals surface area contributed by atoms with E-state index >= 15 is 0 Å². The van der Waals surface area contributed by atoms with Crippen LogP contribution in [0.15, 0.2) is 42.7 Å². The molecule has 2 aromatic rings. The highest BCUT2D eigenvalue weighted by molar-refractivity contribution is 5.95. The third-order valence-corrected chi connectivity index (χ3v) is 6.58. The number of piperidine rings is 1. The van der Waals surface area contributed by atoms with E-state index in [1.807, 2.05) is 12.3 Å². The molecule has 1 atom stereocenters. The van der Waals surface area contributed by atoms with Crippen molar-refractivity contribution < 1.29 is 27.9 Å². The highest BCUT2D eigenvalue weighted by Gasteiger charge is 2.38. The van der Waals surface area contributed by atoms with Crippen LogP contribution in [0.25, 0.3) is 11.1 Å². The number of carboxylic acid groups (broad SMARTS) is 1. The summed E-state index contributed by atoms with van der Waals surface area (Å²) in [4.78, 5) is 30.5. The van der Waals surface area contributed by atoms with Crippen molar-refractivity contribution >= 4 is 11.9 Å². The number of rotatable bonds is 8. The Bertz CT molecular complexity index is 1010. The molecule has 1 amide bonds. The van der Waals surface area contributed by atoms with Gasteiger partial charge in [-0.2, -0.15) is 13.2 Å². The number of amides is 1. The van der Waals surface area contributed by atoms with Crippen LogP contribution in [-0.4, -0.2) is 77.7 Å². The Morgan fingerprint density at radius 1 is 1.16 bits per heavy atom. The van der Waals surface area contributed by atoms with Crippen LogP contribution in [0.1, 0.15) is 49.0 Å². The molecule has 0 bridgehead atoms. The van der Waals surface area contributed by atoms with E-state index in [1.165, 1.54) is 31.5 Å². The molecule has 37 heavy (non-hydrogen) atoms. The van der Waals surface area contributed by atoms with Gasteiger partial charge in [0.25, 0.3) is 5.91 Å². The summed E-state index contributed by atoms with van der Waals surface area (Å²) in [7, 11) is 4.43. The topological polar surface area (TPSA) is 85.8 Å². The minimum absolute atomic E-state index is 0.0546. The molecule has 1 fully saturated rings. The summed E-state index contributed by atoms with van der Waals surface area (Å²) < 4.78 is 31.7. The SMILES string of the molecule is CC[C@H](C)CNC(=O)c1cncc(-c2ccc(CN(C)C3CCN(C)CC3)cc2)c1.O=C(O)C(F)(F)F. The fourth-order valence-corrected chi connectivity index (χ4v) is 3.89. The summed E-state index contributed by atoms with van der Waals surface area (Å²) in [6, 6.07) is 11.2. The zero-order valence-corrected chi connectivity index (χ0v) is 21.9. The lowest BCUT2D eigenvalue weighted by atomic mass is 10.0. The normalized spacial score (nSPS) is 15.6. The maximum atomic E-state index is 12.4. The summed E-state index contributed by atoms with van der Waals surface area (Å²) >= 11 is 0. The lowest BCUT2D eigenvalue weighted by Gasteiger charge is -2.35. The Balaban J connectivity index is 0.000000604. The zero-order valence-electron chi connectivity index (χ0n) is 21.9. The predicted molar refractivity (Wildman–Crippen MR) is 137 cm³/mol. The second-order valence-corrected chi connectivity index (χ2v) is 9.64. The zero-order chi connectivity index (χ0) is 27.6. The first-order chi connectivity index (χ1) is 17.4. The molecule has 204 valence electrons. The number of halogens is 3. The van der Waals surface area contributed by atoms with Gasteiger partial charge in [-0.1, -0.05) is 44.5 Å². The molecule has 1 aromatic heterocycles. The quantitative estimate of drug-likeness (QED) is 0.524. The minimum Gasteiger partial charge on any atom is -0.475 e. The third kappa shape index (κ3) is 10.1. The summed E-state index contributed by atoms with van der Waals surface area (Å²) in [6.07, 6.45) is 1.91. The van der Waals surface area contributed by atoms with E-state index in [4.69, 9.17) is 9.90 Å². The van der Waals surface area contributed by atoms with E-state index in [0.29, 0.717) is 24.1 Å². The number of hydrogen-bond donors (Lipinski definition) is 2. The molecule has 0 radical (unpaired) electrons. The van der Waals surface area contributed by atoms with Gasteiger partial charge in [-0.25, -0.2) is 4.79 Å². The van der Waals surface area contributed by atoms with Crippen LogP contribution in [0.5, 0.6) is 0 Å². The molecule has 0 spiro atoms. The van der Waals surface area contributed by atoms with Gasteiger partial charge in [0.15, 0.2) is 0 Å². The maximum Gasteiger partial charge on any atom is 0.490 e. The van der Waals surface area contributed by atoms with Crippen LogP contribution in [0, 0.1) is 5.92 Å². The first-order valence-electron chi connectivity index (χ1n) is 12.4. The van der Waals surface area contributed by atoms with E-state index in [-0.39, 0.29) is 5.91 Å². The van der Waals surface area contributed by atoms with E-state index in [1.54, 1.807) is 6.20 Å². The highest BCUT2D eigenvalue weighted by atomic mass is 19.4. The van der Waals surface area contributed by atoms with Crippen molar-refractivity contribution in [3.8, 4) is 11.1 Å². The van der Waals surface area contributed by atoms with Gasteiger partial charge in [-0.05, 0) is 63.1 Å². The Labute approximate surface area is 216 Å². The van der Waals surface area contributed by atoms with Crippen molar-refractivity contribution in [3.63, 3.8) is 0 Å². The van der Waals surface area contributed by atoms with Crippen molar-refractivity contribution in [2.75, 3.05) is 33.7 Å². The summed E-state index contributed by atoms with van der Waals surface area (Å²) in [5.41, 5.74) is 3.99. The maximum absolute atomic E-state index is 12.4. The molecule has 10 heteroatoms. The van der Waals surface area contributed by atoms with E-state index in [0.717, 1.165) is 24.1 Å². The predicted octanol–water partition coefficient (Wildman–Crippen LogP) is 4.68. The van der Waals surface area contributed by atoms with E-state index < -0.39 is 12.1 Å². The Kier molecular flexibility index (Phi) is 11.5. The van der Waals surface area contributed by atoms with Gasteiger partial charge in [-0.15, -0.1) is 0 Å². The first kappa shape index (κ1) is 30.2. The lowest BCUT2D eigenvalue weighted by Crippen LogP contribution is -2.41. The molecule has 3 rings (SSSR count). The molecule has 0 saturated carbocycles. The van der Waals surface area contributed by atoms with Gasteiger partial charge in [0.2, 0.25) is 0 Å². The van der Waals surface area contributed by atoms with Gasteiger partial charge in [0.1, 0.15) is 0 Å². The van der Waals surface area contributed by atoms with E-state index in [9.17, 15) is 18.0 Å². The van der Waals surface area contributed by atoms with Crippen molar-refractivity contribution in [2.24, 2.45) is 5.92 Å². The van der Waals surface area contributed by atoms with Crippen LogP contribution in [0.4, 0.5) is 13.2 Å². The lowest BCUT2D eigenvalue weighted by molar-refractivity contribution is -0.192. The first-order valence-corrected chi connectivity index (χ1v) is 12.4. The molecule has 7 nitrogen and oxygen atoms in total. The Hall–Kier alpha value is -2.98. The molecule has 1 saturated heterocycles. The van der Waals surface area contributed by atoms with Crippen LogP contribution < -0.4 is 5.32 Å². The fourth-order valence-electron chi connectivity index (χ4n) is 3.89. The summed E-state index contributed by atoms with van der Waals surface area (Å²) in [5.74, 6) is -2.33. The molecule has 0 unspecified atom stereocenters. The average molecular weight is 523 g/mol.